The van der Waals surface area contributed by atoms with Crippen molar-refractivity contribution in [3.8, 4) is 5.75 Å². The van der Waals surface area contributed by atoms with E-state index in [1.165, 1.54) is 0 Å². The molecule has 9 nitrogen and oxygen atoms in total. The van der Waals surface area contributed by atoms with Crippen molar-refractivity contribution in [1.82, 2.24) is 15.2 Å². The van der Waals surface area contributed by atoms with Crippen LogP contribution in [-0.2, 0) is 0 Å². The molecule has 1 fully saturated rings. The Morgan fingerprint density at radius 2 is 1.69 bits per heavy atom. The first-order valence-electron chi connectivity index (χ1n) is 15.8. The fourth-order valence-corrected chi connectivity index (χ4v) is 5.86. The molecule has 1 aromatic heterocycles. The summed E-state index contributed by atoms with van der Waals surface area (Å²) in [5.41, 5.74) is 10.8. The van der Waals surface area contributed by atoms with Crippen LogP contribution in [-0.4, -0.2) is 22.3 Å². The molecule has 0 spiro atoms. The molecule has 5 rings (SSSR count). The number of pyridine rings is 1. The number of aromatic nitrogens is 1. The number of carbonyl (C=O) groups is 1. The molecule has 236 valence electrons. The van der Waals surface area contributed by atoms with Crippen LogP contribution in [0.3, 0.4) is 0 Å². The summed E-state index contributed by atoms with van der Waals surface area (Å²) in [6, 6.07) is 18.7. The van der Waals surface area contributed by atoms with Crippen molar-refractivity contribution in [2.45, 2.75) is 78.4 Å². The van der Waals surface area contributed by atoms with Crippen LogP contribution in [0.4, 0.5) is 10.5 Å². The molecule has 2 amide bonds. The van der Waals surface area contributed by atoms with Gasteiger partial charge in [-0.3, -0.25) is 20.7 Å². The summed E-state index contributed by atoms with van der Waals surface area (Å²) in [7, 11) is 0. The van der Waals surface area contributed by atoms with Crippen molar-refractivity contribution in [3.63, 3.8) is 0 Å². The normalized spacial score (nSPS) is 19.1. The van der Waals surface area contributed by atoms with Crippen LogP contribution in [0.15, 0.2) is 83.6 Å². The maximum atomic E-state index is 13.4. The van der Waals surface area contributed by atoms with E-state index in [1.54, 1.807) is 29.0 Å². The lowest BCUT2D eigenvalue weighted by molar-refractivity contribution is 0.171. The Morgan fingerprint density at radius 3 is 2.38 bits per heavy atom. The Hall–Kier alpha value is -4.66. The summed E-state index contributed by atoms with van der Waals surface area (Å²) in [5, 5.41) is 23.2. The van der Waals surface area contributed by atoms with Crippen molar-refractivity contribution in [1.29, 1.82) is 10.8 Å². The van der Waals surface area contributed by atoms with E-state index in [0.29, 0.717) is 36.0 Å². The number of nitrogens with zero attached hydrogens (tertiary/aromatic N) is 2. The van der Waals surface area contributed by atoms with Gasteiger partial charge in [0, 0.05) is 23.1 Å². The van der Waals surface area contributed by atoms with Crippen LogP contribution >= 0.6 is 0 Å². The van der Waals surface area contributed by atoms with Gasteiger partial charge < -0.3 is 15.8 Å². The average molecular weight is 608 g/mol. The van der Waals surface area contributed by atoms with Gasteiger partial charge >= 0.3 is 6.03 Å². The first kappa shape index (κ1) is 31.8. The molecule has 1 heterocycles. The number of amidine groups is 1. The summed E-state index contributed by atoms with van der Waals surface area (Å²) >= 11 is 0. The van der Waals surface area contributed by atoms with E-state index in [-0.39, 0.29) is 35.0 Å². The third kappa shape index (κ3) is 7.90. The summed E-state index contributed by atoms with van der Waals surface area (Å²) in [6.45, 7) is 8.06. The highest BCUT2D eigenvalue weighted by Gasteiger charge is 2.30. The van der Waals surface area contributed by atoms with Gasteiger partial charge in [-0.25, -0.2) is 9.79 Å². The van der Waals surface area contributed by atoms with E-state index < -0.39 is 0 Å². The predicted molar refractivity (Wildman–Crippen MR) is 179 cm³/mol. The average Bonchev–Trinajstić information content (AvgIpc) is 3.55. The summed E-state index contributed by atoms with van der Waals surface area (Å²) in [4.78, 5) is 18.1. The van der Waals surface area contributed by atoms with Gasteiger partial charge in [-0.2, -0.15) is 0 Å². The van der Waals surface area contributed by atoms with Crippen molar-refractivity contribution >= 4 is 23.4 Å². The molecule has 2 aromatic carbocycles. The Labute approximate surface area is 265 Å². The number of ether oxygens (including phenoxy) is 1. The van der Waals surface area contributed by atoms with Gasteiger partial charge in [0.1, 0.15) is 29.0 Å². The van der Waals surface area contributed by atoms with Crippen molar-refractivity contribution < 1.29 is 9.53 Å². The summed E-state index contributed by atoms with van der Waals surface area (Å²) in [5.74, 6) is 1.64. The number of amides is 2. The molecular formula is C36H45N7O2. The number of aryl methyl sites for hydroxylation is 1. The highest BCUT2D eigenvalue weighted by Crippen LogP contribution is 2.38. The minimum Gasteiger partial charge on any atom is -0.484 e. The summed E-state index contributed by atoms with van der Waals surface area (Å²) < 4.78 is 8.13. The van der Waals surface area contributed by atoms with Gasteiger partial charge in [-0.1, -0.05) is 75.6 Å². The van der Waals surface area contributed by atoms with Crippen LogP contribution in [0, 0.1) is 29.1 Å². The number of allylic oxidation sites excluding steroid dienone is 1. The molecule has 0 aliphatic heterocycles. The lowest BCUT2D eigenvalue weighted by Crippen LogP contribution is -2.42. The van der Waals surface area contributed by atoms with Gasteiger partial charge in [-0.15, -0.1) is 0 Å². The third-order valence-electron chi connectivity index (χ3n) is 8.63. The number of nitrogens with one attached hydrogen (secondary N) is 4. The van der Waals surface area contributed by atoms with Crippen molar-refractivity contribution in [2.24, 2.45) is 22.1 Å². The smallest absolute Gasteiger partial charge is 0.320 e. The molecule has 2 unspecified atom stereocenters. The van der Waals surface area contributed by atoms with E-state index in [9.17, 15) is 4.79 Å². The highest BCUT2D eigenvalue weighted by atomic mass is 16.5. The number of carbonyl (C=O) groups excluding carboxylic acids is 1. The number of rotatable bonds is 6. The molecule has 45 heavy (non-hydrogen) atoms. The third-order valence-corrected chi connectivity index (χ3v) is 8.63. The molecule has 0 radical (unpaired) electrons. The SMILES string of the molecule is Cc1ccc(N=C(C=C(N)C(C)(C)C)NC(=O)NC2CCC(Oc3ccc(=N)n(C(=N)C4CCCC4)c3)c3ccccc32)cc1. The minimum absolute atomic E-state index is 0.186. The van der Waals surface area contributed by atoms with E-state index in [0.717, 1.165) is 48.1 Å². The fraction of sp³-hybridized carbons (Fsp3) is 0.389. The minimum atomic E-state index is -0.365. The van der Waals surface area contributed by atoms with E-state index in [1.807, 2.05) is 76.2 Å². The lowest BCUT2D eigenvalue weighted by atomic mass is 9.85. The second-order valence-electron chi connectivity index (χ2n) is 13.1. The second kappa shape index (κ2) is 13.5. The zero-order chi connectivity index (χ0) is 32.1. The molecule has 6 N–H and O–H groups in total. The van der Waals surface area contributed by atoms with Gasteiger partial charge in [0.05, 0.1) is 17.9 Å². The summed E-state index contributed by atoms with van der Waals surface area (Å²) in [6.07, 6.45) is 8.88. The largest absolute Gasteiger partial charge is 0.484 e. The molecule has 2 aliphatic carbocycles. The maximum Gasteiger partial charge on any atom is 0.320 e. The van der Waals surface area contributed by atoms with Crippen LogP contribution in [0.25, 0.3) is 0 Å². The molecule has 2 atom stereocenters. The maximum absolute atomic E-state index is 13.4. The van der Waals surface area contributed by atoms with Crippen molar-refractivity contribution in [2.75, 3.05) is 0 Å². The van der Waals surface area contributed by atoms with E-state index >= 15 is 0 Å². The van der Waals surface area contributed by atoms with Gasteiger partial charge in [0.25, 0.3) is 0 Å². The number of urea groups is 1. The Bertz CT molecular complexity index is 1660. The monoisotopic (exact) mass is 607 g/mol. The van der Waals surface area contributed by atoms with Crippen LogP contribution in [0.2, 0.25) is 0 Å². The first-order valence-corrected chi connectivity index (χ1v) is 15.8. The zero-order valence-corrected chi connectivity index (χ0v) is 26.7. The number of fused-ring (bicyclic) bond motifs is 1. The van der Waals surface area contributed by atoms with Crippen LogP contribution < -0.4 is 26.6 Å². The fourth-order valence-electron chi connectivity index (χ4n) is 5.86. The Kier molecular flexibility index (Phi) is 9.56. The van der Waals surface area contributed by atoms with Gasteiger partial charge in [0.15, 0.2) is 0 Å². The topological polar surface area (TPSA) is 141 Å². The predicted octanol–water partition coefficient (Wildman–Crippen LogP) is 7.16. The molecule has 0 bridgehead atoms. The van der Waals surface area contributed by atoms with Gasteiger partial charge in [-0.05, 0) is 68.0 Å². The number of benzene rings is 2. The van der Waals surface area contributed by atoms with Crippen LogP contribution in [0.5, 0.6) is 5.75 Å². The molecule has 9 heteroatoms. The van der Waals surface area contributed by atoms with Crippen LogP contribution in [0.1, 0.15) is 88.1 Å². The quantitative estimate of drug-likeness (QED) is 0.150. The standard InChI is InChI=1S/C36H45N7O2/c1-23-13-15-25(16-14-23)40-33(21-31(37)36(2,3)4)42-35(44)41-29-18-19-30(28-12-8-7-11-27(28)29)45-26-17-20-32(38)43(22-26)34(39)24-9-5-6-10-24/h7-8,11-17,20-22,24,29-30,38-39H,5-6,9-10,18-19,37H2,1-4H3,(H2,40,41,42,44). The first-order chi connectivity index (χ1) is 21.5. The Balaban J connectivity index is 1.32. The van der Waals surface area contributed by atoms with E-state index in [4.69, 9.17) is 21.3 Å². The van der Waals surface area contributed by atoms with Gasteiger partial charge in [0.2, 0.25) is 0 Å². The molecule has 3 aromatic rings. The Morgan fingerprint density at radius 1 is 1.00 bits per heavy atom. The second-order valence-corrected chi connectivity index (χ2v) is 13.1. The lowest BCUT2D eigenvalue weighted by Gasteiger charge is -2.32. The zero-order valence-electron chi connectivity index (χ0n) is 26.7. The van der Waals surface area contributed by atoms with Crippen molar-refractivity contribution in [3.05, 3.63) is 101 Å². The molecule has 1 saturated carbocycles. The molecule has 2 aliphatic rings. The number of aliphatic imine (C=N–C) groups is 1. The number of nitrogens with two attached hydrogens (primary N) is 1. The van der Waals surface area contributed by atoms with E-state index in [2.05, 4.69) is 15.6 Å². The highest BCUT2D eigenvalue weighted by molar-refractivity contribution is 6.05. The number of hydrogen-bond acceptors (Lipinski definition) is 6. The molecular weight excluding hydrogens is 562 g/mol. The molecule has 0 saturated heterocycles. The number of hydrogen-bond donors (Lipinski definition) is 5.